The standard InChI is InChI=1S/C19H20F3N3O2/c1-12-7-13(2)9-15(8-12)24-18(26)25-6-4-16(11-25)27-17-10-14(3-5-23-17)19(20,21)22/h3,5,7-10,16H,4,6,11H2,1-2H3,(H,24,26). The van der Waals surface area contributed by atoms with Crippen molar-refractivity contribution >= 4 is 11.7 Å². The van der Waals surface area contributed by atoms with E-state index in [1.165, 1.54) is 0 Å². The van der Waals surface area contributed by atoms with Gasteiger partial charge in [0.25, 0.3) is 0 Å². The van der Waals surface area contributed by atoms with Crippen molar-refractivity contribution in [2.75, 3.05) is 18.4 Å². The van der Waals surface area contributed by atoms with Gasteiger partial charge >= 0.3 is 12.2 Å². The van der Waals surface area contributed by atoms with E-state index in [1.807, 2.05) is 32.0 Å². The molecule has 8 heteroatoms. The van der Waals surface area contributed by atoms with Gasteiger partial charge in [0.2, 0.25) is 5.88 Å². The number of urea groups is 1. The fourth-order valence-electron chi connectivity index (χ4n) is 3.08. The summed E-state index contributed by atoms with van der Waals surface area (Å²) in [5, 5.41) is 2.85. The van der Waals surface area contributed by atoms with E-state index < -0.39 is 17.8 Å². The van der Waals surface area contributed by atoms with Crippen LogP contribution in [0.3, 0.4) is 0 Å². The Morgan fingerprint density at radius 2 is 1.93 bits per heavy atom. The summed E-state index contributed by atoms with van der Waals surface area (Å²) in [6, 6.07) is 7.27. The predicted molar refractivity (Wildman–Crippen MR) is 94.8 cm³/mol. The highest BCUT2D eigenvalue weighted by molar-refractivity contribution is 5.89. The van der Waals surface area contributed by atoms with Crippen molar-refractivity contribution in [1.82, 2.24) is 9.88 Å². The highest BCUT2D eigenvalue weighted by Gasteiger charge is 2.32. The first-order chi connectivity index (χ1) is 12.7. The van der Waals surface area contributed by atoms with E-state index in [-0.39, 0.29) is 18.5 Å². The minimum Gasteiger partial charge on any atom is -0.472 e. The SMILES string of the molecule is Cc1cc(C)cc(NC(=O)N2CCC(Oc3cc(C(F)(F)F)ccn3)C2)c1. The maximum atomic E-state index is 12.8. The smallest absolute Gasteiger partial charge is 0.416 e. The van der Waals surface area contributed by atoms with Crippen molar-refractivity contribution < 1.29 is 22.7 Å². The zero-order chi connectivity index (χ0) is 19.6. The van der Waals surface area contributed by atoms with Gasteiger partial charge in [0.1, 0.15) is 6.10 Å². The molecule has 2 aromatic rings. The number of alkyl halides is 3. The van der Waals surface area contributed by atoms with Crippen LogP contribution >= 0.6 is 0 Å². The Labute approximate surface area is 155 Å². The van der Waals surface area contributed by atoms with Crippen molar-refractivity contribution in [3.8, 4) is 5.88 Å². The highest BCUT2D eigenvalue weighted by Crippen LogP contribution is 2.31. The van der Waals surface area contributed by atoms with Crippen molar-refractivity contribution in [3.05, 3.63) is 53.2 Å². The second-order valence-corrected chi connectivity index (χ2v) is 6.66. The molecule has 1 saturated heterocycles. The number of aromatic nitrogens is 1. The number of rotatable bonds is 3. The second-order valence-electron chi connectivity index (χ2n) is 6.66. The number of benzene rings is 1. The van der Waals surface area contributed by atoms with Gasteiger partial charge in [-0.2, -0.15) is 13.2 Å². The molecule has 1 atom stereocenters. The van der Waals surface area contributed by atoms with Gasteiger partial charge in [-0.3, -0.25) is 0 Å². The summed E-state index contributed by atoms with van der Waals surface area (Å²) in [7, 11) is 0. The third kappa shape index (κ3) is 4.90. The molecule has 27 heavy (non-hydrogen) atoms. The Balaban J connectivity index is 1.59. The molecule has 1 aliphatic rings. The minimum atomic E-state index is -4.45. The first-order valence-corrected chi connectivity index (χ1v) is 8.55. The molecule has 144 valence electrons. The monoisotopic (exact) mass is 379 g/mol. The summed E-state index contributed by atoms with van der Waals surface area (Å²) in [5.41, 5.74) is 1.99. The first kappa shape index (κ1) is 19.0. The molecule has 1 aromatic carbocycles. The second kappa shape index (κ2) is 7.46. The topological polar surface area (TPSA) is 54.5 Å². The number of carbonyl (C=O) groups excluding carboxylic acids is 1. The van der Waals surface area contributed by atoms with Crippen molar-refractivity contribution in [3.63, 3.8) is 0 Å². The van der Waals surface area contributed by atoms with Crippen LogP contribution in [0.25, 0.3) is 0 Å². The molecule has 0 spiro atoms. The Bertz CT molecular complexity index is 819. The fourth-order valence-corrected chi connectivity index (χ4v) is 3.08. The molecule has 0 radical (unpaired) electrons. The molecule has 1 unspecified atom stereocenters. The number of nitrogens with one attached hydrogen (secondary N) is 1. The Morgan fingerprint density at radius 3 is 2.59 bits per heavy atom. The molecule has 2 amide bonds. The summed E-state index contributed by atoms with van der Waals surface area (Å²) in [6.45, 7) is 4.64. The quantitative estimate of drug-likeness (QED) is 0.860. The highest BCUT2D eigenvalue weighted by atomic mass is 19.4. The van der Waals surface area contributed by atoms with Crippen LogP contribution in [0.5, 0.6) is 5.88 Å². The molecule has 2 heterocycles. The lowest BCUT2D eigenvalue weighted by Gasteiger charge is -2.18. The van der Waals surface area contributed by atoms with Crippen molar-refractivity contribution in [2.24, 2.45) is 0 Å². The summed E-state index contributed by atoms with van der Waals surface area (Å²) in [5.74, 6) is -0.0913. The normalized spacial score (nSPS) is 17.1. The van der Waals surface area contributed by atoms with E-state index in [1.54, 1.807) is 4.90 Å². The average Bonchev–Trinajstić information content (AvgIpc) is 3.02. The van der Waals surface area contributed by atoms with Crippen LogP contribution in [0.2, 0.25) is 0 Å². The molecule has 5 nitrogen and oxygen atoms in total. The maximum absolute atomic E-state index is 12.8. The summed E-state index contributed by atoms with van der Waals surface area (Å²) >= 11 is 0. The van der Waals surface area contributed by atoms with Gasteiger partial charge in [0.05, 0.1) is 12.1 Å². The number of hydrogen-bond acceptors (Lipinski definition) is 3. The van der Waals surface area contributed by atoms with Gasteiger partial charge < -0.3 is 15.0 Å². The van der Waals surface area contributed by atoms with Gasteiger partial charge in [0.15, 0.2) is 0 Å². The number of likely N-dealkylation sites (tertiary alicyclic amines) is 1. The average molecular weight is 379 g/mol. The molecule has 1 fully saturated rings. The van der Waals surface area contributed by atoms with Gasteiger partial charge in [-0.15, -0.1) is 0 Å². The number of halogens is 3. The number of ether oxygens (including phenoxy) is 1. The molecular weight excluding hydrogens is 359 g/mol. The zero-order valence-corrected chi connectivity index (χ0v) is 15.0. The lowest BCUT2D eigenvalue weighted by atomic mass is 10.1. The van der Waals surface area contributed by atoms with Gasteiger partial charge in [-0.05, 0) is 43.2 Å². The summed E-state index contributed by atoms with van der Waals surface area (Å²) in [4.78, 5) is 17.8. The summed E-state index contributed by atoms with van der Waals surface area (Å²) in [6.07, 6.45) is -3.25. The van der Waals surface area contributed by atoms with E-state index in [2.05, 4.69) is 10.3 Å². The Morgan fingerprint density at radius 1 is 1.22 bits per heavy atom. The van der Waals surface area contributed by atoms with Crippen LogP contribution in [-0.2, 0) is 6.18 Å². The number of aryl methyl sites for hydroxylation is 2. The van der Waals surface area contributed by atoms with Crippen LogP contribution in [0.15, 0.2) is 36.5 Å². The van der Waals surface area contributed by atoms with E-state index in [9.17, 15) is 18.0 Å². The Kier molecular flexibility index (Phi) is 5.25. The molecule has 1 N–H and O–H groups in total. The van der Waals surface area contributed by atoms with E-state index >= 15 is 0 Å². The van der Waals surface area contributed by atoms with Gasteiger partial charge in [-0.25, -0.2) is 9.78 Å². The third-order valence-electron chi connectivity index (χ3n) is 4.25. The predicted octanol–water partition coefficient (Wildman–Crippen LogP) is 4.40. The molecular formula is C19H20F3N3O2. The molecule has 0 aliphatic carbocycles. The zero-order valence-electron chi connectivity index (χ0n) is 15.0. The van der Waals surface area contributed by atoms with Crippen molar-refractivity contribution in [1.29, 1.82) is 0 Å². The fraction of sp³-hybridized carbons (Fsp3) is 0.368. The minimum absolute atomic E-state index is 0.0913. The van der Waals surface area contributed by atoms with E-state index in [0.29, 0.717) is 18.7 Å². The van der Waals surface area contributed by atoms with Crippen LogP contribution in [0.1, 0.15) is 23.1 Å². The number of anilines is 1. The largest absolute Gasteiger partial charge is 0.472 e. The molecule has 3 rings (SSSR count). The molecule has 0 saturated carbocycles. The molecule has 1 aromatic heterocycles. The lowest BCUT2D eigenvalue weighted by Crippen LogP contribution is -2.34. The summed E-state index contributed by atoms with van der Waals surface area (Å²) < 4.78 is 43.9. The van der Waals surface area contributed by atoms with Gasteiger partial charge in [-0.1, -0.05) is 6.07 Å². The first-order valence-electron chi connectivity index (χ1n) is 8.55. The van der Waals surface area contributed by atoms with Crippen LogP contribution in [0, 0.1) is 13.8 Å². The van der Waals surface area contributed by atoms with Crippen LogP contribution < -0.4 is 10.1 Å². The number of carbonyl (C=O) groups is 1. The van der Waals surface area contributed by atoms with Crippen molar-refractivity contribution in [2.45, 2.75) is 32.5 Å². The van der Waals surface area contributed by atoms with E-state index in [4.69, 9.17) is 4.74 Å². The van der Waals surface area contributed by atoms with Crippen LogP contribution in [-0.4, -0.2) is 35.1 Å². The number of nitrogens with zero attached hydrogens (tertiary/aromatic N) is 2. The van der Waals surface area contributed by atoms with Gasteiger partial charge in [0, 0.05) is 30.9 Å². The third-order valence-corrected chi connectivity index (χ3v) is 4.25. The molecule has 1 aliphatic heterocycles. The molecule has 0 bridgehead atoms. The van der Waals surface area contributed by atoms with Crippen LogP contribution in [0.4, 0.5) is 23.7 Å². The number of amides is 2. The van der Waals surface area contributed by atoms with E-state index in [0.717, 1.165) is 29.5 Å². The maximum Gasteiger partial charge on any atom is 0.416 e. The number of hydrogen-bond donors (Lipinski definition) is 1. The Hall–Kier alpha value is -2.77. The lowest BCUT2D eigenvalue weighted by molar-refractivity contribution is -0.137. The number of pyridine rings is 1.